The molecule has 4 rings (SSSR count). The Morgan fingerprint density at radius 1 is 0.778 bits per heavy atom. The monoisotopic (exact) mass is 507 g/mol. The Kier molecular flexibility index (Phi) is 7.60. The van der Waals surface area contributed by atoms with Crippen molar-refractivity contribution in [3.63, 3.8) is 0 Å². The van der Waals surface area contributed by atoms with Gasteiger partial charge in [-0.1, -0.05) is 48.5 Å². The predicted octanol–water partition coefficient (Wildman–Crippen LogP) is 4.77. The summed E-state index contributed by atoms with van der Waals surface area (Å²) in [5.74, 6) is -0.161. The van der Waals surface area contributed by atoms with Crippen LogP contribution in [0.15, 0.2) is 72.8 Å². The van der Waals surface area contributed by atoms with Gasteiger partial charge in [0.2, 0.25) is 0 Å². The summed E-state index contributed by atoms with van der Waals surface area (Å²) in [5, 5.41) is 0.566. The van der Waals surface area contributed by atoms with Crippen molar-refractivity contribution >= 4 is 29.4 Å². The lowest BCUT2D eigenvalue weighted by Gasteiger charge is -2.29. The highest BCUT2D eigenvalue weighted by Crippen LogP contribution is 2.44. The zero-order valence-electron chi connectivity index (χ0n) is 20.0. The van der Waals surface area contributed by atoms with Gasteiger partial charge in [-0.2, -0.15) is 0 Å². The maximum Gasteiger partial charge on any atom is 0.333 e. The minimum absolute atomic E-state index is 0.0272. The fourth-order valence-corrected chi connectivity index (χ4v) is 4.47. The van der Waals surface area contributed by atoms with E-state index in [0.717, 1.165) is 33.8 Å². The zero-order valence-corrected chi connectivity index (χ0v) is 20.8. The van der Waals surface area contributed by atoms with E-state index in [4.69, 9.17) is 25.9 Å². The number of hydrogen-bond acceptors (Lipinski definition) is 6. The molecule has 7 nitrogen and oxygen atoms in total. The average molecular weight is 508 g/mol. The lowest BCUT2D eigenvalue weighted by molar-refractivity contribution is -0.197. The number of rotatable bonds is 9. The second-order valence-electron chi connectivity index (χ2n) is 8.36. The summed E-state index contributed by atoms with van der Waals surface area (Å²) >= 11 is 7.38. The second-order valence-corrected chi connectivity index (χ2v) is 8.92. The molecule has 3 aromatic carbocycles. The quantitative estimate of drug-likeness (QED) is 0.236. The maximum absolute atomic E-state index is 12.2. The molecule has 0 bridgehead atoms. The molecule has 1 heterocycles. The second kappa shape index (κ2) is 10.8. The Morgan fingerprint density at radius 3 is 1.61 bits per heavy atom. The van der Waals surface area contributed by atoms with Gasteiger partial charge in [-0.15, -0.1) is 16.7 Å². The Labute approximate surface area is 214 Å². The predicted molar refractivity (Wildman–Crippen MR) is 134 cm³/mol. The van der Waals surface area contributed by atoms with Crippen LogP contribution in [0, 0.1) is 0 Å². The number of alkyl halides is 1. The number of carbonyl (C=O) groups excluding carboxylic acids is 3. The first-order chi connectivity index (χ1) is 17.3. The Balaban J connectivity index is 1.54. The molecule has 0 N–H and O–H groups in total. The van der Waals surface area contributed by atoms with Crippen molar-refractivity contribution in [2.45, 2.75) is 30.6 Å². The number of aryl methyl sites for hydroxylation is 1. The van der Waals surface area contributed by atoms with Gasteiger partial charge in [-0.05, 0) is 52.9 Å². The number of methoxy groups -OCH3 is 2. The molecular formula is C28H26ClNO6. The summed E-state index contributed by atoms with van der Waals surface area (Å²) in [5.41, 5.74) is 3.47. The molecule has 8 heteroatoms. The van der Waals surface area contributed by atoms with Crippen molar-refractivity contribution in [3.05, 3.63) is 95.1 Å². The molecule has 1 aliphatic heterocycles. The molecule has 0 atom stereocenters. The molecule has 0 radical (unpaired) electrons. The maximum atomic E-state index is 12.2. The van der Waals surface area contributed by atoms with Crippen LogP contribution in [-0.2, 0) is 30.5 Å². The smallest absolute Gasteiger partial charge is 0.333 e. The van der Waals surface area contributed by atoms with E-state index >= 15 is 0 Å². The first kappa shape index (κ1) is 25.3. The summed E-state index contributed by atoms with van der Waals surface area (Å²) in [4.78, 5) is 39.4. The molecule has 1 saturated heterocycles. The Hall–Kier alpha value is -3.84. The van der Waals surface area contributed by atoms with Crippen molar-refractivity contribution in [2.24, 2.45) is 0 Å². The van der Waals surface area contributed by atoms with E-state index in [1.165, 1.54) is 0 Å². The summed E-state index contributed by atoms with van der Waals surface area (Å²) < 4.78 is 10.6. The third-order valence-corrected chi connectivity index (χ3v) is 6.80. The van der Waals surface area contributed by atoms with Gasteiger partial charge < -0.3 is 14.3 Å². The standard InChI is InChI=1S/C28H26ClNO6/c1-34-23-12-8-21(9-13-23)28(29,22-10-14-24(35-2)15-11-22)20-6-3-19(4-7-20)5-18-27(33)36-30-25(31)16-17-26(30)32/h3-4,6-15H,5,16-18H2,1-2H3. The van der Waals surface area contributed by atoms with Crippen LogP contribution < -0.4 is 9.47 Å². The lowest BCUT2D eigenvalue weighted by atomic mass is 9.83. The number of nitrogens with zero attached hydrogens (tertiary/aromatic N) is 1. The number of imide groups is 1. The lowest BCUT2D eigenvalue weighted by Crippen LogP contribution is -2.32. The molecule has 3 aromatic rings. The van der Waals surface area contributed by atoms with Crippen LogP contribution in [0.5, 0.6) is 11.5 Å². The molecular weight excluding hydrogens is 482 g/mol. The van der Waals surface area contributed by atoms with E-state index in [2.05, 4.69) is 0 Å². The largest absolute Gasteiger partial charge is 0.497 e. The Bertz CT molecular complexity index is 1180. The van der Waals surface area contributed by atoms with Gasteiger partial charge in [0.25, 0.3) is 11.8 Å². The number of amides is 2. The van der Waals surface area contributed by atoms with Crippen LogP contribution in [0.4, 0.5) is 0 Å². The van der Waals surface area contributed by atoms with Crippen molar-refractivity contribution in [3.8, 4) is 11.5 Å². The van der Waals surface area contributed by atoms with Gasteiger partial charge in [0.1, 0.15) is 16.4 Å². The molecule has 0 aliphatic carbocycles. The molecule has 0 spiro atoms. The van der Waals surface area contributed by atoms with Crippen LogP contribution in [0.1, 0.15) is 41.5 Å². The number of carbonyl (C=O) groups is 3. The van der Waals surface area contributed by atoms with Gasteiger partial charge in [0.15, 0.2) is 0 Å². The van der Waals surface area contributed by atoms with Crippen molar-refractivity contribution in [1.29, 1.82) is 0 Å². The zero-order chi connectivity index (χ0) is 25.7. The van der Waals surface area contributed by atoms with E-state index in [-0.39, 0.29) is 19.3 Å². The SMILES string of the molecule is COc1ccc(C(Cl)(c2ccc(CCC(=O)ON3C(=O)CCC3=O)cc2)c2ccc(OC)cc2)cc1. The number of hydrogen-bond donors (Lipinski definition) is 0. The number of halogens is 1. The van der Waals surface area contributed by atoms with Gasteiger partial charge >= 0.3 is 5.97 Å². The van der Waals surface area contributed by atoms with Crippen LogP contribution in [0.2, 0.25) is 0 Å². The summed E-state index contributed by atoms with van der Waals surface area (Å²) in [6.45, 7) is 0. The molecule has 0 unspecified atom stereocenters. The van der Waals surface area contributed by atoms with E-state index in [9.17, 15) is 14.4 Å². The first-order valence-electron chi connectivity index (χ1n) is 11.5. The molecule has 1 fully saturated rings. The van der Waals surface area contributed by atoms with Gasteiger partial charge in [-0.25, -0.2) is 4.79 Å². The number of ether oxygens (including phenoxy) is 2. The average Bonchev–Trinajstić information content (AvgIpc) is 3.24. The van der Waals surface area contributed by atoms with E-state index in [0.29, 0.717) is 11.5 Å². The molecule has 186 valence electrons. The van der Waals surface area contributed by atoms with E-state index < -0.39 is 22.7 Å². The molecule has 36 heavy (non-hydrogen) atoms. The highest BCUT2D eigenvalue weighted by molar-refractivity contribution is 6.28. The topological polar surface area (TPSA) is 82.1 Å². The summed E-state index contributed by atoms with van der Waals surface area (Å²) in [7, 11) is 3.23. The highest BCUT2D eigenvalue weighted by Gasteiger charge is 2.35. The van der Waals surface area contributed by atoms with Crippen LogP contribution in [0.25, 0.3) is 0 Å². The highest BCUT2D eigenvalue weighted by atomic mass is 35.5. The van der Waals surface area contributed by atoms with Crippen LogP contribution in [-0.4, -0.2) is 37.1 Å². The van der Waals surface area contributed by atoms with Crippen LogP contribution >= 0.6 is 11.6 Å². The third-order valence-electron chi connectivity index (χ3n) is 6.14. The first-order valence-corrected chi connectivity index (χ1v) is 11.9. The fraction of sp³-hybridized carbons (Fsp3) is 0.250. The van der Waals surface area contributed by atoms with Crippen molar-refractivity contribution in [1.82, 2.24) is 5.06 Å². The summed E-state index contributed by atoms with van der Waals surface area (Å²) in [6, 6.07) is 22.8. The van der Waals surface area contributed by atoms with E-state index in [1.807, 2.05) is 72.8 Å². The minimum Gasteiger partial charge on any atom is -0.497 e. The molecule has 0 aromatic heterocycles. The van der Waals surface area contributed by atoms with E-state index in [1.54, 1.807) is 14.2 Å². The van der Waals surface area contributed by atoms with Crippen molar-refractivity contribution < 1.29 is 28.7 Å². The number of hydroxylamine groups is 2. The number of benzene rings is 3. The van der Waals surface area contributed by atoms with Crippen LogP contribution in [0.3, 0.4) is 0 Å². The third kappa shape index (κ3) is 5.21. The van der Waals surface area contributed by atoms with Gasteiger partial charge in [0.05, 0.1) is 20.6 Å². The molecule has 1 aliphatic rings. The van der Waals surface area contributed by atoms with Gasteiger partial charge in [0, 0.05) is 12.8 Å². The molecule has 2 amide bonds. The minimum atomic E-state index is -0.980. The van der Waals surface area contributed by atoms with Gasteiger partial charge in [-0.3, -0.25) is 9.59 Å². The van der Waals surface area contributed by atoms with Crippen molar-refractivity contribution in [2.75, 3.05) is 14.2 Å². The molecule has 0 saturated carbocycles. The fourth-order valence-electron chi connectivity index (χ4n) is 4.09. The Morgan fingerprint density at radius 2 is 1.19 bits per heavy atom. The summed E-state index contributed by atoms with van der Waals surface area (Å²) in [6.07, 6.45) is 0.543. The normalized spacial score (nSPS) is 13.6.